The van der Waals surface area contributed by atoms with Crippen LogP contribution in [0.2, 0.25) is 0 Å². The first-order valence-corrected chi connectivity index (χ1v) is 7.09. The monoisotopic (exact) mass is 316 g/mol. The molecule has 2 unspecified atom stereocenters. The van der Waals surface area contributed by atoms with Crippen molar-refractivity contribution >= 4 is 21.9 Å². The number of hydrogen-bond donors (Lipinski definition) is 0. The van der Waals surface area contributed by atoms with Crippen molar-refractivity contribution in [2.24, 2.45) is 0 Å². The Morgan fingerprint density at radius 2 is 1.74 bits per heavy atom. The molecule has 2 nitrogen and oxygen atoms in total. The van der Waals surface area contributed by atoms with E-state index in [0.29, 0.717) is 5.56 Å². The highest BCUT2D eigenvalue weighted by Crippen LogP contribution is 2.44. The fourth-order valence-electron chi connectivity index (χ4n) is 2.32. The lowest BCUT2D eigenvalue weighted by atomic mass is 9.94. The lowest BCUT2D eigenvalue weighted by molar-refractivity contribution is 0.0249. The zero-order valence-corrected chi connectivity index (χ0v) is 12.1. The van der Waals surface area contributed by atoms with Crippen molar-refractivity contribution in [2.45, 2.75) is 17.9 Å². The third-order valence-corrected chi connectivity index (χ3v) is 4.36. The molecule has 3 rings (SSSR count). The predicted octanol–water partition coefficient (Wildman–Crippen LogP) is 4.34. The van der Waals surface area contributed by atoms with Crippen LogP contribution in [0.5, 0.6) is 0 Å². The number of aryl methyl sites for hydroxylation is 1. The van der Waals surface area contributed by atoms with Crippen LogP contribution < -0.4 is 0 Å². The van der Waals surface area contributed by atoms with Gasteiger partial charge in [0.25, 0.3) is 0 Å². The molecule has 0 amide bonds. The second-order valence-electron chi connectivity index (χ2n) is 4.73. The van der Waals surface area contributed by atoms with E-state index >= 15 is 0 Å². The molecule has 0 spiro atoms. The van der Waals surface area contributed by atoms with Crippen LogP contribution >= 0.6 is 15.9 Å². The van der Waals surface area contributed by atoms with Crippen LogP contribution in [0.1, 0.15) is 38.0 Å². The molecule has 0 fully saturated rings. The number of hydrogen-bond acceptors (Lipinski definition) is 2. The van der Waals surface area contributed by atoms with E-state index in [9.17, 15) is 4.79 Å². The Labute approximate surface area is 120 Å². The molecule has 0 saturated heterocycles. The molecule has 3 heteroatoms. The number of ether oxygens (including phenoxy) is 1. The van der Waals surface area contributed by atoms with Gasteiger partial charge in [-0.15, -0.1) is 0 Å². The molecule has 0 aliphatic carbocycles. The van der Waals surface area contributed by atoms with E-state index in [1.165, 1.54) is 5.56 Å². The van der Waals surface area contributed by atoms with Crippen LogP contribution in [0.4, 0.5) is 0 Å². The van der Waals surface area contributed by atoms with Crippen LogP contribution in [-0.2, 0) is 4.74 Å². The van der Waals surface area contributed by atoms with Crippen LogP contribution in [0, 0.1) is 6.92 Å². The fourth-order valence-corrected chi connectivity index (χ4v) is 3.13. The molecule has 1 heterocycles. The van der Waals surface area contributed by atoms with E-state index in [-0.39, 0.29) is 16.9 Å². The summed E-state index contributed by atoms with van der Waals surface area (Å²) in [4.78, 5) is 12.0. The highest BCUT2D eigenvalue weighted by atomic mass is 79.9. The molecule has 0 N–H and O–H groups in total. The zero-order valence-electron chi connectivity index (χ0n) is 10.5. The molecule has 1 aliphatic heterocycles. The molecule has 0 saturated carbocycles. The predicted molar refractivity (Wildman–Crippen MR) is 77.4 cm³/mol. The van der Waals surface area contributed by atoms with Gasteiger partial charge in [-0.2, -0.15) is 0 Å². The number of cyclic esters (lactones) is 1. The minimum absolute atomic E-state index is 0.0101. The second kappa shape index (κ2) is 4.82. The summed E-state index contributed by atoms with van der Waals surface area (Å²) < 4.78 is 5.57. The van der Waals surface area contributed by atoms with Crippen molar-refractivity contribution in [2.75, 3.05) is 0 Å². The Kier molecular flexibility index (Phi) is 3.15. The molecule has 0 bridgehead atoms. The van der Waals surface area contributed by atoms with E-state index in [4.69, 9.17) is 4.74 Å². The number of carbonyl (C=O) groups is 1. The van der Waals surface area contributed by atoms with Gasteiger partial charge in [-0.05, 0) is 24.1 Å². The lowest BCUT2D eigenvalue weighted by Gasteiger charge is -2.29. The van der Waals surface area contributed by atoms with Crippen molar-refractivity contribution in [3.8, 4) is 0 Å². The first-order valence-electron chi connectivity index (χ1n) is 6.17. The summed E-state index contributed by atoms with van der Waals surface area (Å²) in [6.45, 7) is 2.04. The number of benzene rings is 2. The Morgan fingerprint density at radius 1 is 1.05 bits per heavy atom. The summed E-state index contributed by atoms with van der Waals surface area (Å²) >= 11 is 3.66. The van der Waals surface area contributed by atoms with Crippen LogP contribution in [0.15, 0.2) is 48.5 Å². The summed E-state index contributed by atoms with van der Waals surface area (Å²) in [7, 11) is 0. The van der Waals surface area contributed by atoms with Crippen LogP contribution in [-0.4, -0.2) is 5.97 Å². The average Bonchev–Trinajstić information content (AvgIpc) is 2.44. The summed E-state index contributed by atoms with van der Waals surface area (Å²) in [5.74, 6) is -0.253. The molecule has 2 atom stereocenters. The van der Waals surface area contributed by atoms with E-state index < -0.39 is 0 Å². The quantitative estimate of drug-likeness (QED) is 0.577. The lowest BCUT2D eigenvalue weighted by Crippen LogP contribution is -2.23. The minimum Gasteiger partial charge on any atom is -0.452 e. The van der Waals surface area contributed by atoms with Gasteiger partial charge < -0.3 is 4.74 Å². The molecule has 0 aromatic heterocycles. The number of esters is 1. The minimum atomic E-state index is -0.275. The normalized spacial score (nSPS) is 21.7. The molecule has 2 aromatic carbocycles. The molecule has 96 valence electrons. The maximum absolute atomic E-state index is 12.0. The smallest absolute Gasteiger partial charge is 0.339 e. The van der Waals surface area contributed by atoms with Crippen molar-refractivity contribution in [3.05, 3.63) is 70.8 Å². The van der Waals surface area contributed by atoms with Gasteiger partial charge in [0.1, 0.15) is 6.10 Å². The average molecular weight is 317 g/mol. The standard InChI is InChI=1S/C16H13BrO2/c1-10-6-8-11(9-7-10)15-14(17)12-4-2-3-5-13(12)16(18)19-15/h2-9,14-15H,1H3. The third-order valence-electron chi connectivity index (χ3n) is 3.38. The summed E-state index contributed by atoms with van der Waals surface area (Å²) in [5.41, 5.74) is 3.84. The van der Waals surface area contributed by atoms with Gasteiger partial charge in [0.2, 0.25) is 0 Å². The van der Waals surface area contributed by atoms with Crippen molar-refractivity contribution < 1.29 is 9.53 Å². The second-order valence-corrected chi connectivity index (χ2v) is 5.71. The van der Waals surface area contributed by atoms with Gasteiger partial charge in [-0.25, -0.2) is 4.79 Å². The zero-order chi connectivity index (χ0) is 13.4. The SMILES string of the molecule is Cc1ccc(C2OC(=O)c3ccccc3C2Br)cc1. The number of alkyl halides is 1. The Hall–Kier alpha value is -1.61. The van der Waals surface area contributed by atoms with Crippen LogP contribution in [0.25, 0.3) is 0 Å². The molecule has 19 heavy (non-hydrogen) atoms. The maximum Gasteiger partial charge on any atom is 0.339 e. The van der Waals surface area contributed by atoms with Gasteiger partial charge in [0.15, 0.2) is 0 Å². The van der Waals surface area contributed by atoms with E-state index in [1.54, 1.807) is 6.07 Å². The van der Waals surface area contributed by atoms with Gasteiger partial charge >= 0.3 is 5.97 Å². The number of carbonyl (C=O) groups excluding carboxylic acids is 1. The molecule has 0 radical (unpaired) electrons. The topological polar surface area (TPSA) is 26.3 Å². The summed E-state index contributed by atoms with van der Waals surface area (Å²) in [6.07, 6.45) is -0.275. The maximum atomic E-state index is 12.0. The van der Waals surface area contributed by atoms with E-state index in [1.807, 2.05) is 49.4 Å². The van der Waals surface area contributed by atoms with Crippen molar-refractivity contribution in [1.29, 1.82) is 0 Å². The summed E-state index contributed by atoms with van der Waals surface area (Å²) in [5, 5.41) is 0. The molecule has 2 aromatic rings. The van der Waals surface area contributed by atoms with Gasteiger partial charge in [0, 0.05) is 0 Å². The van der Waals surface area contributed by atoms with Crippen molar-refractivity contribution in [3.63, 3.8) is 0 Å². The Morgan fingerprint density at radius 3 is 2.47 bits per heavy atom. The largest absolute Gasteiger partial charge is 0.452 e. The number of fused-ring (bicyclic) bond motifs is 1. The number of rotatable bonds is 1. The number of halogens is 1. The summed E-state index contributed by atoms with van der Waals surface area (Å²) in [6, 6.07) is 15.6. The van der Waals surface area contributed by atoms with E-state index in [2.05, 4.69) is 15.9 Å². The first-order chi connectivity index (χ1) is 9.16. The highest BCUT2D eigenvalue weighted by molar-refractivity contribution is 9.09. The Bertz CT molecular complexity index is 619. The first kappa shape index (κ1) is 12.4. The molecular weight excluding hydrogens is 304 g/mol. The fraction of sp³-hybridized carbons (Fsp3) is 0.188. The van der Waals surface area contributed by atoms with Crippen molar-refractivity contribution in [1.82, 2.24) is 0 Å². The third kappa shape index (κ3) is 2.19. The van der Waals surface area contributed by atoms with E-state index in [0.717, 1.165) is 11.1 Å². The van der Waals surface area contributed by atoms with Gasteiger partial charge in [0.05, 0.1) is 10.4 Å². The highest BCUT2D eigenvalue weighted by Gasteiger charge is 2.34. The molecular formula is C16H13BrO2. The van der Waals surface area contributed by atoms with Gasteiger partial charge in [-0.1, -0.05) is 64.0 Å². The van der Waals surface area contributed by atoms with Crippen LogP contribution in [0.3, 0.4) is 0 Å². The van der Waals surface area contributed by atoms with Gasteiger partial charge in [-0.3, -0.25) is 0 Å². The Balaban J connectivity index is 2.02. The molecule has 1 aliphatic rings.